The summed E-state index contributed by atoms with van der Waals surface area (Å²) < 4.78 is 0. The molecule has 1 atom stereocenters. The number of amides is 1. The lowest BCUT2D eigenvalue weighted by Crippen LogP contribution is -2.48. The minimum Gasteiger partial charge on any atom is -0.480 e. The molecule has 1 unspecified atom stereocenters. The average molecular weight is 512 g/mol. The van der Waals surface area contributed by atoms with Gasteiger partial charge in [-0.25, -0.2) is 4.79 Å². The van der Waals surface area contributed by atoms with Crippen LogP contribution in [0.15, 0.2) is 96.1 Å². The van der Waals surface area contributed by atoms with Crippen molar-refractivity contribution in [3.05, 3.63) is 108 Å². The number of hydrogen-bond acceptors (Lipinski definition) is 3. The number of hydrogen-bond donors (Lipinski definition) is 4. The van der Waals surface area contributed by atoms with E-state index < -0.39 is 17.9 Å². The van der Waals surface area contributed by atoms with Gasteiger partial charge in [-0.05, 0) is 42.0 Å². The van der Waals surface area contributed by atoms with E-state index in [1.807, 2.05) is 91.1 Å². The lowest BCUT2D eigenvalue weighted by atomic mass is 9.89. The third kappa shape index (κ3) is 6.39. The van der Waals surface area contributed by atoms with Gasteiger partial charge in [0, 0.05) is 30.2 Å². The molecule has 0 spiro atoms. The number of aromatic amines is 1. The molecular weight excluding hydrogens is 478 g/mol. The van der Waals surface area contributed by atoms with Gasteiger partial charge in [0.2, 0.25) is 5.91 Å². The molecule has 4 aromatic rings. The van der Waals surface area contributed by atoms with Gasteiger partial charge < -0.3 is 26.5 Å². The molecule has 6 N–H and O–H groups in total. The summed E-state index contributed by atoms with van der Waals surface area (Å²) >= 11 is 0. The van der Waals surface area contributed by atoms with Gasteiger partial charge in [-0.2, -0.15) is 0 Å². The minimum absolute atomic E-state index is 0.0441. The maximum Gasteiger partial charge on any atom is 0.326 e. The largest absolute Gasteiger partial charge is 0.480 e. The van der Waals surface area contributed by atoms with E-state index in [1.165, 1.54) is 4.90 Å². The number of H-pyrrole nitrogens is 1. The second-order valence-corrected chi connectivity index (χ2v) is 9.20. The highest BCUT2D eigenvalue weighted by atomic mass is 16.4. The maximum atomic E-state index is 14.3. The van der Waals surface area contributed by atoms with Crippen molar-refractivity contribution in [3.63, 3.8) is 0 Å². The second kappa shape index (κ2) is 12.6. The third-order valence-corrected chi connectivity index (χ3v) is 6.68. The smallest absolute Gasteiger partial charge is 0.326 e. The van der Waals surface area contributed by atoms with Crippen LogP contribution in [-0.2, 0) is 16.0 Å². The van der Waals surface area contributed by atoms with Crippen LogP contribution in [-0.4, -0.2) is 52.0 Å². The number of fused-ring (bicyclic) bond motifs is 1. The number of nitrogens with one attached hydrogen (secondary N) is 1. The van der Waals surface area contributed by atoms with Crippen LogP contribution in [0.1, 0.15) is 35.4 Å². The molecule has 0 aliphatic heterocycles. The second-order valence-electron chi connectivity index (χ2n) is 9.20. The number of para-hydroxylation sites is 1. The fourth-order valence-electron chi connectivity index (χ4n) is 4.84. The van der Waals surface area contributed by atoms with Gasteiger partial charge in [-0.1, -0.05) is 78.9 Å². The predicted molar refractivity (Wildman–Crippen MR) is 150 cm³/mol. The average Bonchev–Trinajstić information content (AvgIpc) is 3.34. The minimum atomic E-state index is -1.05. The molecule has 1 aromatic heterocycles. The highest BCUT2D eigenvalue weighted by Gasteiger charge is 2.35. The Morgan fingerprint density at radius 3 is 2.11 bits per heavy atom. The molecule has 4 rings (SSSR count). The van der Waals surface area contributed by atoms with Crippen LogP contribution in [0.5, 0.6) is 0 Å². The Morgan fingerprint density at radius 2 is 1.50 bits per heavy atom. The topological polar surface area (TPSA) is 138 Å². The Morgan fingerprint density at radius 1 is 0.895 bits per heavy atom. The van der Waals surface area contributed by atoms with E-state index >= 15 is 0 Å². The first kappa shape index (κ1) is 26.5. The highest BCUT2D eigenvalue weighted by Crippen LogP contribution is 2.29. The molecule has 0 radical (unpaired) electrons. The number of guanidine groups is 1. The van der Waals surface area contributed by atoms with E-state index in [0.29, 0.717) is 12.8 Å². The number of carboxylic acids is 1. The first-order valence-corrected chi connectivity index (χ1v) is 12.7. The number of carboxylic acid groups (broad SMARTS) is 1. The van der Waals surface area contributed by atoms with Crippen LogP contribution in [0.4, 0.5) is 0 Å². The normalized spacial score (nSPS) is 11.8. The van der Waals surface area contributed by atoms with E-state index in [0.717, 1.165) is 27.6 Å². The van der Waals surface area contributed by atoms with Gasteiger partial charge in [0.1, 0.15) is 6.04 Å². The SMILES string of the molecule is NC(N)=NCCCC(C(=O)O)N(CCc1c[nH]c2ccccc12)C(=O)C(c1ccccc1)c1ccccc1. The monoisotopic (exact) mass is 511 g/mol. The molecule has 1 amide bonds. The van der Waals surface area contributed by atoms with E-state index in [-0.39, 0.29) is 31.4 Å². The summed E-state index contributed by atoms with van der Waals surface area (Å²) in [5.74, 6) is -1.99. The van der Waals surface area contributed by atoms with Crippen molar-refractivity contribution in [2.75, 3.05) is 13.1 Å². The number of nitrogens with two attached hydrogens (primary N) is 2. The van der Waals surface area contributed by atoms with Gasteiger partial charge in [0.05, 0.1) is 5.92 Å². The van der Waals surface area contributed by atoms with E-state index in [1.54, 1.807) is 0 Å². The molecular formula is C30H33N5O3. The van der Waals surface area contributed by atoms with Crippen molar-refractivity contribution in [3.8, 4) is 0 Å². The number of carbonyl (C=O) groups is 2. The summed E-state index contributed by atoms with van der Waals surface area (Å²) in [5, 5.41) is 11.3. The summed E-state index contributed by atoms with van der Waals surface area (Å²) in [6, 6.07) is 25.9. The molecule has 0 bridgehead atoms. The van der Waals surface area contributed by atoms with Crippen molar-refractivity contribution >= 4 is 28.7 Å². The number of nitrogens with zero attached hydrogens (tertiary/aromatic N) is 2. The summed E-state index contributed by atoms with van der Waals surface area (Å²) in [5.41, 5.74) is 14.5. The zero-order valence-corrected chi connectivity index (χ0v) is 21.2. The molecule has 8 nitrogen and oxygen atoms in total. The Bertz CT molecular complexity index is 1340. The Kier molecular flexibility index (Phi) is 8.77. The molecule has 0 aliphatic carbocycles. The van der Waals surface area contributed by atoms with Crippen LogP contribution >= 0.6 is 0 Å². The van der Waals surface area contributed by atoms with Crippen molar-refractivity contribution in [2.24, 2.45) is 16.5 Å². The molecule has 1 heterocycles. The van der Waals surface area contributed by atoms with Gasteiger partial charge >= 0.3 is 5.97 Å². The van der Waals surface area contributed by atoms with Crippen LogP contribution in [0.2, 0.25) is 0 Å². The van der Waals surface area contributed by atoms with Crippen LogP contribution < -0.4 is 11.5 Å². The molecule has 0 saturated carbocycles. The molecule has 196 valence electrons. The number of aliphatic imine (C=N–C) groups is 1. The van der Waals surface area contributed by atoms with Gasteiger partial charge in [-0.15, -0.1) is 0 Å². The maximum absolute atomic E-state index is 14.3. The predicted octanol–water partition coefficient (Wildman–Crippen LogP) is 3.88. The summed E-state index contributed by atoms with van der Waals surface area (Å²) in [6.45, 7) is 0.535. The summed E-state index contributed by atoms with van der Waals surface area (Å²) in [6.07, 6.45) is 3.08. The first-order chi connectivity index (χ1) is 18.5. The fraction of sp³-hybridized carbons (Fsp3) is 0.233. The van der Waals surface area contributed by atoms with Crippen molar-refractivity contribution < 1.29 is 14.7 Å². The van der Waals surface area contributed by atoms with E-state index in [9.17, 15) is 14.7 Å². The number of benzene rings is 3. The zero-order valence-electron chi connectivity index (χ0n) is 21.2. The van der Waals surface area contributed by atoms with Crippen molar-refractivity contribution in [1.29, 1.82) is 0 Å². The molecule has 8 heteroatoms. The van der Waals surface area contributed by atoms with Crippen LogP contribution in [0, 0.1) is 0 Å². The van der Waals surface area contributed by atoms with Gasteiger partial charge in [0.15, 0.2) is 5.96 Å². The van der Waals surface area contributed by atoms with Crippen molar-refractivity contribution in [2.45, 2.75) is 31.2 Å². The number of aliphatic carboxylic acids is 1. The lowest BCUT2D eigenvalue weighted by Gasteiger charge is -2.33. The first-order valence-electron chi connectivity index (χ1n) is 12.7. The summed E-state index contributed by atoms with van der Waals surface area (Å²) in [7, 11) is 0. The molecule has 0 saturated heterocycles. The van der Waals surface area contributed by atoms with Crippen LogP contribution in [0.3, 0.4) is 0 Å². The van der Waals surface area contributed by atoms with Gasteiger partial charge in [0.25, 0.3) is 0 Å². The Balaban J connectivity index is 1.69. The highest BCUT2D eigenvalue weighted by molar-refractivity contribution is 5.91. The molecule has 38 heavy (non-hydrogen) atoms. The molecule has 3 aromatic carbocycles. The molecule has 0 aliphatic rings. The zero-order chi connectivity index (χ0) is 26.9. The lowest BCUT2D eigenvalue weighted by molar-refractivity contribution is -0.150. The number of carbonyl (C=O) groups excluding carboxylic acids is 1. The van der Waals surface area contributed by atoms with Crippen molar-refractivity contribution in [1.82, 2.24) is 9.88 Å². The Hall–Kier alpha value is -4.59. The summed E-state index contributed by atoms with van der Waals surface area (Å²) in [4.78, 5) is 35.7. The van der Waals surface area contributed by atoms with Crippen LogP contribution in [0.25, 0.3) is 10.9 Å². The van der Waals surface area contributed by atoms with E-state index in [4.69, 9.17) is 11.5 Å². The quantitative estimate of drug-likeness (QED) is 0.130. The van der Waals surface area contributed by atoms with Gasteiger partial charge in [-0.3, -0.25) is 9.79 Å². The number of rotatable bonds is 12. The third-order valence-electron chi connectivity index (χ3n) is 6.68. The fourth-order valence-corrected chi connectivity index (χ4v) is 4.84. The number of aromatic nitrogens is 1. The Labute approximate surface area is 222 Å². The van der Waals surface area contributed by atoms with E-state index in [2.05, 4.69) is 9.98 Å². The standard InChI is InChI=1S/C30H33N5O3/c31-30(32)33-18-9-16-26(29(37)38)35(19-17-23-20-34-25-15-8-7-14-24(23)25)28(36)27(21-10-3-1-4-11-21)22-12-5-2-6-13-22/h1-8,10-15,20,26-27,34H,9,16-19H2,(H,37,38)(H4,31,32,33). The molecule has 0 fully saturated rings.